The second-order valence-electron chi connectivity index (χ2n) is 3.70. The van der Waals surface area contributed by atoms with Gasteiger partial charge in [-0.1, -0.05) is 12.1 Å². The third-order valence-corrected chi connectivity index (χ3v) is 3.06. The first-order valence-corrected chi connectivity index (χ1v) is 6.52. The number of rotatable bonds is 4. The molecule has 1 aromatic carbocycles. The van der Waals surface area contributed by atoms with Gasteiger partial charge < -0.3 is 15.7 Å². The zero-order valence-electron chi connectivity index (χ0n) is 9.72. The summed E-state index contributed by atoms with van der Waals surface area (Å²) in [4.78, 5) is 11.4. The normalized spacial score (nSPS) is 10.1. The fraction of sp³-hybridized carbons (Fsp3) is 0.154. The van der Waals surface area contributed by atoms with Gasteiger partial charge in [-0.15, -0.1) is 0 Å². The number of amides is 2. The van der Waals surface area contributed by atoms with Crippen LogP contribution in [-0.4, -0.2) is 24.3 Å². The number of aliphatic hydroxyl groups is 1. The molecule has 94 valence electrons. The van der Waals surface area contributed by atoms with E-state index < -0.39 is 0 Å². The summed E-state index contributed by atoms with van der Waals surface area (Å²) >= 11 is 1.64. The van der Waals surface area contributed by atoms with Gasteiger partial charge in [-0.3, -0.25) is 0 Å². The van der Waals surface area contributed by atoms with Crippen molar-refractivity contribution >= 4 is 23.1 Å². The summed E-state index contributed by atoms with van der Waals surface area (Å²) in [6.07, 6.45) is 0. The molecule has 0 aliphatic rings. The standard InChI is InChI=1S/C13H14N2O2S/c16-6-5-14-13(17)15-12-3-1-2-10(8-12)11-4-7-18-9-11/h1-4,7-9,16H,5-6H2,(H2,14,15,17). The zero-order chi connectivity index (χ0) is 12.8. The Morgan fingerprint density at radius 3 is 2.89 bits per heavy atom. The minimum atomic E-state index is -0.313. The van der Waals surface area contributed by atoms with Crippen molar-refractivity contribution < 1.29 is 9.90 Å². The summed E-state index contributed by atoms with van der Waals surface area (Å²) in [6, 6.07) is 9.37. The monoisotopic (exact) mass is 262 g/mol. The van der Waals surface area contributed by atoms with E-state index in [0.717, 1.165) is 16.8 Å². The van der Waals surface area contributed by atoms with E-state index in [4.69, 9.17) is 5.11 Å². The van der Waals surface area contributed by atoms with Gasteiger partial charge in [0.1, 0.15) is 0 Å². The average Bonchev–Trinajstić information content (AvgIpc) is 2.90. The van der Waals surface area contributed by atoms with Crippen molar-refractivity contribution in [2.24, 2.45) is 0 Å². The molecule has 0 aliphatic carbocycles. The molecule has 2 rings (SSSR count). The van der Waals surface area contributed by atoms with Crippen molar-refractivity contribution in [1.29, 1.82) is 0 Å². The molecule has 5 heteroatoms. The molecule has 0 saturated heterocycles. The number of hydrogen-bond acceptors (Lipinski definition) is 3. The third kappa shape index (κ3) is 3.32. The molecular formula is C13H14N2O2S. The quantitative estimate of drug-likeness (QED) is 0.793. The van der Waals surface area contributed by atoms with Crippen LogP contribution in [0.15, 0.2) is 41.1 Å². The number of benzene rings is 1. The van der Waals surface area contributed by atoms with Crippen LogP contribution < -0.4 is 10.6 Å². The molecule has 0 saturated carbocycles. The van der Waals surface area contributed by atoms with Crippen LogP contribution in [-0.2, 0) is 0 Å². The number of anilines is 1. The van der Waals surface area contributed by atoms with Gasteiger partial charge in [0.15, 0.2) is 0 Å². The fourth-order valence-electron chi connectivity index (χ4n) is 1.55. The maximum absolute atomic E-state index is 11.4. The van der Waals surface area contributed by atoms with Gasteiger partial charge in [0.2, 0.25) is 0 Å². The van der Waals surface area contributed by atoms with Crippen molar-refractivity contribution in [1.82, 2.24) is 5.32 Å². The lowest BCUT2D eigenvalue weighted by Gasteiger charge is -2.07. The molecule has 18 heavy (non-hydrogen) atoms. The van der Waals surface area contributed by atoms with Gasteiger partial charge in [0, 0.05) is 12.2 Å². The molecule has 3 N–H and O–H groups in total. The van der Waals surface area contributed by atoms with E-state index in [1.807, 2.05) is 35.7 Å². The molecule has 0 atom stereocenters. The van der Waals surface area contributed by atoms with Crippen molar-refractivity contribution in [3.05, 3.63) is 41.1 Å². The summed E-state index contributed by atoms with van der Waals surface area (Å²) in [5.41, 5.74) is 2.93. The number of nitrogens with one attached hydrogen (secondary N) is 2. The molecule has 0 bridgehead atoms. The predicted octanol–water partition coefficient (Wildman–Crippen LogP) is 2.53. The van der Waals surface area contributed by atoms with Gasteiger partial charge in [-0.05, 0) is 40.1 Å². The molecule has 2 aromatic rings. The van der Waals surface area contributed by atoms with Gasteiger partial charge >= 0.3 is 6.03 Å². The van der Waals surface area contributed by atoms with E-state index in [1.54, 1.807) is 11.3 Å². The summed E-state index contributed by atoms with van der Waals surface area (Å²) in [7, 11) is 0. The van der Waals surface area contributed by atoms with Crippen molar-refractivity contribution in [2.45, 2.75) is 0 Å². The minimum Gasteiger partial charge on any atom is -0.395 e. The van der Waals surface area contributed by atoms with Gasteiger partial charge in [0.05, 0.1) is 6.61 Å². The number of thiophene rings is 1. The Morgan fingerprint density at radius 2 is 2.17 bits per heavy atom. The first-order chi connectivity index (χ1) is 8.79. The molecule has 0 fully saturated rings. The lowest BCUT2D eigenvalue weighted by Crippen LogP contribution is -2.30. The van der Waals surface area contributed by atoms with Crippen LogP contribution in [0.2, 0.25) is 0 Å². The highest BCUT2D eigenvalue weighted by molar-refractivity contribution is 7.08. The van der Waals surface area contributed by atoms with Crippen LogP contribution >= 0.6 is 11.3 Å². The number of carbonyl (C=O) groups excluding carboxylic acids is 1. The summed E-state index contributed by atoms with van der Waals surface area (Å²) in [5.74, 6) is 0. The second kappa shape index (κ2) is 6.18. The van der Waals surface area contributed by atoms with Gasteiger partial charge in [-0.2, -0.15) is 11.3 Å². The molecule has 0 spiro atoms. The van der Waals surface area contributed by atoms with Crippen molar-refractivity contribution in [2.75, 3.05) is 18.5 Å². The number of hydrogen-bond donors (Lipinski definition) is 3. The summed E-state index contributed by atoms with van der Waals surface area (Å²) < 4.78 is 0. The molecule has 1 heterocycles. The van der Waals surface area contributed by atoms with E-state index >= 15 is 0 Å². The Bertz CT molecular complexity index is 511. The largest absolute Gasteiger partial charge is 0.395 e. The molecule has 4 nitrogen and oxygen atoms in total. The predicted molar refractivity (Wildman–Crippen MR) is 73.9 cm³/mol. The maximum atomic E-state index is 11.4. The SMILES string of the molecule is O=C(NCCO)Nc1cccc(-c2ccsc2)c1. The minimum absolute atomic E-state index is 0.0671. The highest BCUT2D eigenvalue weighted by Crippen LogP contribution is 2.24. The van der Waals surface area contributed by atoms with Crippen LogP contribution in [0.4, 0.5) is 10.5 Å². The van der Waals surface area contributed by atoms with Crippen LogP contribution in [0, 0.1) is 0 Å². The van der Waals surface area contributed by atoms with Crippen LogP contribution in [0.25, 0.3) is 11.1 Å². The lowest BCUT2D eigenvalue weighted by atomic mass is 10.1. The summed E-state index contributed by atoms with van der Waals surface area (Å²) in [6.45, 7) is 0.179. The highest BCUT2D eigenvalue weighted by atomic mass is 32.1. The summed E-state index contributed by atoms with van der Waals surface area (Å²) in [5, 5.41) is 17.9. The Kier molecular flexibility index (Phi) is 4.33. The molecular weight excluding hydrogens is 248 g/mol. The second-order valence-corrected chi connectivity index (χ2v) is 4.48. The van der Waals surface area contributed by atoms with E-state index in [-0.39, 0.29) is 19.2 Å². The first kappa shape index (κ1) is 12.6. The zero-order valence-corrected chi connectivity index (χ0v) is 10.5. The Morgan fingerprint density at radius 1 is 1.28 bits per heavy atom. The number of urea groups is 1. The Hall–Kier alpha value is -1.85. The molecule has 1 aromatic heterocycles. The van der Waals surface area contributed by atoms with Gasteiger partial charge in [-0.25, -0.2) is 4.79 Å². The third-order valence-electron chi connectivity index (χ3n) is 2.37. The molecule has 2 amide bonds. The van der Waals surface area contributed by atoms with Crippen molar-refractivity contribution in [3.63, 3.8) is 0 Å². The molecule has 0 radical (unpaired) electrons. The number of aliphatic hydroxyl groups excluding tert-OH is 1. The first-order valence-electron chi connectivity index (χ1n) is 5.58. The van der Waals surface area contributed by atoms with E-state index in [2.05, 4.69) is 16.0 Å². The highest BCUT2D eigenvalue weighted by Gasteiger charge is 2.03. The van der Waals surface area contributed by atoms with E-state index in [9.17, 15) is 4.79 Å². The molecule has 0 unspecified atom stereocenters. The van der Waals surface area contributed by atoms with Gasteiger partial charge in [0.25, 0.3) is 0 Å². The number of carbonyl (C=O) groups is 1. The smallest absolute Gasteiger partial charge is 0.319 e. The van der Waals surface area contributed by atoms with E-state index in [0.29, 0.717) is 0 Å². The Balaban J connectivity index is 2.06. The van der Waals surface area contributed by atoms with Crippen LogP contribution in [0.5, 0.6) is 0 Å². The van der Waals surface area contributed by atoms with E-state index in [1.165, 1.54) is 0 Å². The lowest BCUT2D eigenvalue weighted by molar-refractivity contribution is 0.245. The topological polar surface area (TPSA) is 61.4 Å². The maximum Gasteiger partial charge on any atom is 0.319 e. The molecule has 0 aliphatic heterocycles. The Labute approximate surface area is 109 Å². The average molecular weight is 262 g/mol. The fourth-order valence-corrected chi connectivity index (χ4v) is 2.21. The van der Waals surface area contributed by atoms with Crippen molar-refractivity contribution in [3.8, 4) is 11.1 Å². The van der Waals surface area contributed by atoms with Crippen LogP contribution in [0.3, 0.4) is 0 Å². The van der Waals surface area contributed by atoms with Crippen LogP contribution in [0.1, 0.15) is 0 Å².